The fraction of sp³-hybridized carbons (Fsp3) is 0.333. The Hall–Kier alpha value is -2.98. The lowest BCUT2D eigenvalue weighted by Gasteiger charge is -2.35. The largest absolute Gasteiger partial charge is 0.495 e. The number of benzene rings is 3. The van der Waals surface area contributed by atoms with E-state index in [1.54, 1.807) is 24.3 Å². The van der Waals surface area contributed by atoms with E-state index in [1.807, 2.05) is 51.1 Å². The zero-order chi connectivity index (χ0) is 31.2. The number of carbonyl (C=O) groups is 2. The minimum atomic E-state index is -4.02. The molecule has 0 saturated carbocycles. The highest BCUT2D eigenvalue weighted by Crippen LogP contribution is 2.33. The van der Waals surface area contributed by atoms with Gasteiger partial charge in [0.25, 0.3) is 0 Å². The van der Waals surface area contributed by atoms with Crippen LogP contribution in [0.15, 0.2) is 66.7 Å². The lowest BCUT2D eigenvalue weighted by molar-refractivity contribution is -0.140. The summed E-state index contributed by atoms with van der Waals surface area (Å²) in [6.45, 7) is 4.69. The minimum absolute atomic E-state index is 0.0790. The van der Waals surface area contributed by atoms with Crippen molar-refractivity contribution in [3.63, 3.8) is 0 Å². The molecule has 2 amide bonds. The van der Waals surface area contributed by atoms with Gasteiger partial charge in [0.2, 0.25) is 21.8 Å². The second-order valence-corrected chi connectivity index (χ2v) is 13.9. The van der Waals surface area contributed by atoms with Crippen molar-refractivity contribution in [1.82, 2.24) is 10.2 Å². The molecule has 1 atom stereocenters. The number of amides is 2. The van der Waals surface area contributed by atoms with Crippen molar-refractivity contribution in [2.45, 2.75) is 45.3 Å². The maximum absolute atomic E-state index is 14.3. The summed E-state index contributed by atoms with van der Waals surface area (Å²) in [6.07, 6.45) is 1.12. The third kappa shape index (κ3) is 9.01. The third-order valence-electron chi connectivity index (χ3n) is 6.25. The predicted octanol–water partition coefficient (Wildman–Crippen LogP) is 5.98. The summed E-state index contributed by atoms with van der Waals surface area (Å²) in [7, 11) is -2.64. The van der Waals surface area contributed by atoms with Gasteiger partial charge in [-0.25, -0.2) is 8.42 Å². The zero-order valence-corrected chi connectivity index (χ0v) is 27.1. The van der Waals surface area contributed by atoms with E-state index in [2.05, 4.69) is 5.32 Å². The van der Waals surface area contributed by atoms with Gasteiger partial charge in [0.05, 0.1) is 19.1 Å². The number of halogens is 3. The normalized spacial score (nSPS) is 12.4. The van der Waals surface area contributed by atoms with Gasteiger partial charge in [-0.15, -0.1) is 0 Å². The van der Waals surface area contributed by atoms with Crippen molar-refractivity contribution in [3.05, 3.63) is 92.9 Å². The van der Waals surface area contributed by atoms with E-state index in [1.165, 1.54) is 24.1 Å². The van der Waals surface area contributed by atoms with E-state index in [-0.39, 0.29) is 29.4 Å². The maximum atomic E-state index is 14.3. The molecule has 0 heterocycles. The molecule has 3 aromatic carbocycles. The van der Waals surface area contributed by atoms with Gasteiger partial charge in [-0.05, 0) is 56.7 Å². The Morgan fingerprint density at radius 3 is 2.12 bits per heavy atom. The molecule has 0 aliphatic carbocycles. The van der Waals surface area contributed by atoms with Crippen LogP contribution in [0, 0.1) is 0 Å². The van der Waals surface area contributed by atoms with Crippen LogP contribution in [0.25, 0.3) is 0 Å². The fourth-order valence-corrected chi connectivity index (χ4v) is 5.84. The highest BCUT2D eigenvalue weighted by atomic mass is 35.5. The molecule has 3 aromatic rings. The first-order valence-corrected chi connectivity index (χ1v) is 16.0. The number of rotatable bonds is 11. The summed E-state index contributed by atoms with van der Waals surface area (Å²) in [4.78, 5) is 29.4. The Kier molecular flexibility index (Phi) is 11.2. The number of sulfonamides is 1. The summed E-state index contributed by atoms with van der Waals surface area (Å²) in [5.74, 6) is -0.887. The van der Waals surface area contributed by atoms with Crippen LogP contribution >= 0.6 is 34.8 Å². The van der Waals surface area contributed by atoms with E-state index in [4.69, 9.17) is 39.5 Å². The van der Waals surface area contributed by atoms with Crippen molar-refractivity contribution >= 4 is 62.3 Å². The predicted molar refractivity (Wildman–Crippen MR) is 169 cm³/mol. The average Bonchev–Trinajstić information content (AvgIpc) is 2.89. The fourth-order valence-electron chi connectivity index (χ4n) is 4.31. The van der Waals surface area contributed by atoms with Crippen molar-refractivity contribution in [1.29, 1.82) is 0 Å². The SMILES string of the molecule is COc1ccc(Cl)cc1N(CC(=O)N(Cc1c(Cl)cccc1Cl)[C@H](Cc1ccccc1)C(=O)NC(C)(C)C)S(C)(=O)=O. The smallest absolute Gasteiger partial charge is 0.244 e. The quantitative estimate of drug-likeness (QED) is 0.275. The van der Waals surface area contributed by atoms with Crippen molar-refractivity contribution < 1.29 is 22.7 Å². The van der Waals surface area contributed by atoms with Crippen molar-refractivity contribution in [2.24, 2.45) is 0 Å². The maximum Gasteiger partial charge on any atom is 0.244 e. The lowest BCUT2D eigenvalue weighted by Crippen LogP contribution is -2.56. The first-order valence-electron chi connectivity index (χ1n) is 13.0. The van der Waals surface area contributed by atoms with E-state index < -0.39 is 40.0 Å². The molecule has 0 bridgehead atoms. The number of hydrogen-bond acceptors (Lipinski definition) is 5. The van der Waals surface area contributed by atoms with Crippen LogP contribution in [0.2, 0.25) is 15.1 Å². The summed E-state index contributed by atoms with van der Waals surface area (Å²) in [6, 6.07) is 17.6. The monoisotopic (exact) mass is 653 g/mol. The van der Waals surface area contributed by atoms with Gasteiger partial charge in [0.1, 0.15) is 18.3 Å². The highest BCUT2D eigenvalue weighted by molar-refractivity contribution is 7.92. The van der Waals surface area contributed by atoms with E-state index in [0.717, 1.165) is 16.1 Å². The minimum Gasteiger partial charge on any atom is -0.495 e. The average molecular weight is 655 g/mol. The van der Waals surface area contributed by atoms with E-state index >= 15 is 0 Å². The van der Waals surface area contributed by atoms with Crippen LogP contribution in [0.5, 0.6) is 5.75 Å². The molecule has 8 nitrogen and oxygen atoms in total. The Balaban J connectivity index is 2.16. The summed E-state index contributed by atoms with van der Waals surface area (Å²) in [5, 5.41) is 3.81. The molecule has 0 spiro atoms. The molecule has 0 saturated heterocycles. The van der Waals surface area contributed by atoms with Gasteiger partial charge in [0, 0.05) is 39.1 Å². The Morgan fingerprint density at radius 2 is 1.57 bits per heavy atom. The molecule has 0 aliphatic rings. The Labute approximate surface area is 262 Å². The Bertz CT molecular complexity index is 1510. The molecular formula is C30H34Cl3N3O5S. The molecule has 0 aromatic heterocycles. The molecule has 0 fully saturated rings. The van der Waals surface area contributed by atoms with Gasteiger partial charge in [0.15, 0.2) is 0 Å². The molecule has 12 heteroatoms. The second kappa shape index (κ2) is 14.0. The highest BCUT2D eigenvalue weighted by Gasteiger charge is 2.35. The van der Waals surface area contributed by atoms with Crippen LogP contribution < -0.4 is 14.4 Å². The summed E-state index contributed by atoms with van der Waals surface area (Å²) in [5.41, 5.74) is 0.680. The molecule has 3 rings (SSSR count). The molecule has 0 unspecified atom stereocenters. The van der Waals surface area contributed by atoms with Crippen molar-refractivity contribution in [3.8, 4) is 5.75 Å². The summed E-state index contributed by atoms with van der Waals surface area (Å²) < 4.78 is 32.4. The van der Waals surface area contributed by atoms with Gasteiger partial charge in [-0.3, -0.25) is 13.9 Å². The number of anilines is 1. The molecular weight excluding hydrogens is 621 g/mol. The van der Waals surface area contributed by atoms with Crippen LogP contribution in [0.3, 0.4) is 0 Å². The Morgan fingerprint density at radius 1 is 0.952 bits per heavy atom. The van der Waals surface area contributed by atoms with Gasteiger partial charge in [-0.1, -0.05) is 71.2 Å². The summed E-state index contributed by atoms with van der Waals surface area (Å²) >= 11 is 19.2. The number of ether oxygens (including phenoxy) is 1. The topological polar surface area (TPSA) is 96.0 Å². The number of carbonyl (C=O) groups excluding carboxylic acids is 2. The van der Waals surface area contributed by atoms with Gasteiger partial charge < -0.3 is 15.0 Å². The standard InChI is InChI=1S/C30H34Cl3N3O5S/c1-30(2,3)34-29(38)26(16-20-10-7-6-8-11-20)35(18-22-23(32)12-9-13-24(22)33)28(37)19-36(42(5,39)40)25-17-21(31)14-15-27(25)41-4/h6-15,17,26H,16,18-19H2,1-5H3,(H,34,38)/t26-/m1/s1. The first-order chi connectivity index (χ1) is 19.6. The number of nitrogens with one attached hydrogen (secondary N) is 1. The molecule has 0 radical (unpaired) electrons. The van der Waals surface area contributed by atoms with Crippen molar-refractivity contribution in [2.75, 3.05) is 24.2 Å². The molecule has 42 heavy (non-hydrogen) atoms. The number of nitrogens with zero attached hydrogens (tertiary/aromatic N) is 2. The van der Waals surface area contributed by atoms with Gasteiger partial charge >= 0.3 is 0 Å². The number of hydrogen-bond donors (Lipinski definition) is 1. The van der Waals surface area contributed by atoms with E-state index in [9.17, 15) is 18.0 Å². The van der Waals surface area contributed by atoms with Gasteiger partial charge in [-0.2, -0.15) is 0 Å². The molecule has 1 N–H and O–H groups in total. The van der Waals surface area contributed by atoms with Crippen LogP contribution in [-0.2, 0) is 32.6 Å². The first kappa shape index (κ1) is 33.5. The second-order valence-electron chi connectivity index (χ2n) is 10.8. The lowest BCUT2D eigenvalue weighted by atomic mass is 10.0. The zero-order valence-electron chi connectivity index (χ0n) is 24.0. The van der Waals surface area contributed by atoms with Crippen LogP contribution in [0.1, 0.15) is 31.9 Å². The number of methoxy groups -OCH3 is 1. The van der Waals surface area contributed by atoms with E-state index in [0.29, 0.717) is 15.6 Å². The van der Waals surface area contributed by atoms with Crippen LogP contribution in [0.4, 0.5) is 5.69 Å². The molecule has 226 valence electrons. The van der Waals surface area contributed by atoms with Crippen LogP contribution in [-0.4, -0.2) is 56.6 Å². The third-order valence-corrected chi connectivity index (χ3v) is 8.32. The molecule has 0 aliphatic heterocycles.